The fraction of sp³-hybridized carbons (Fsp3) is 0.370. The van der Waals surface area contributed by atoms with E-state index in [9.17, 15) is 0 Å². The lowest BCUT2D eigenvalue weighted by Gasteiger charge is -2.31. The maximum atomic E-state index is 8.12. The Morgan fingerprint density at radius 2 is 1.84 bits per heavy atom. The van der Waals surface area contributed by atoms with Gasteiger partial charge in [-0.15, -0.1) is 0 Å². The Bertz CT molecular complexity index is 1420. The zero-order valence-corrected chi connectivity index (χ0v) is 22.1. The summed E-state index contributed by atoms with van der Waals surface area (Å²) in [6, 6.07) is 14.4. The molecule has 7 nitrogen and oxygen atoms in total. The summed E-state index contributed by atoms with van der Waals surface area (Å²) in [6.07, 6.45) is 4.91. The number of anilines is 1. The van der Waals surface area contributed by atoms with Gasteiger partial charge in [0.05, 0.1) is 33.0 Å². The van der Waals surface area contributed by atoms with Gasteiger partial charge in [0.2, 0.25) is 0 Å². The van der Waals surface area contributed by atoms with Crippen LogP contribution in [0.15, 0.2) is 47.0 Å². The Balaban J connectivity index is 0.000000804. The molecule has 7 rings (SSSR count). The maximum absolute atomic E-state index is 8.12. The van der Waals surface area contributed by atoms with Crippen LogP contribution >= 0.6 is 34.5 Å². The molecule has 2 aliphatic carbocycles. The Morgan fingerprint density at radius 3 is 2.51 bits per heavy atom. The number of nitrogens with zero attached hydrogens (tertiary/aromatic N) is 3. The number of rotatable bonds is 6. The number of aromatic nitrogens is 2. The molecule has 3 atom stereocenters. The van der Waals surface area contributed by atoms with Crippen LogP contribution in [0.2, 0.25) is 10.0 Å². The van der Waals surface area contributed by atoms with Crippen molar-refractivity contribution in [1.29, 1.82) is 0 Å². The van der Waals surface area contributed by atoms with Crippen molar-refractivity contribution < 1.29 is 18.8 Å². The number of carbonyl (C=O) groups excluding carboxylic acids is 2. The molecule has 3 unspecified atom stereocenters. The minimum atomic E-state index is 0.229. The predicted octanol–water partition coefficient (Wildman–Crippen LogP) is 6.74. The van der Waals surface area contributed by atoms with Crippen molar-refractivity contribution in [2.75, 3.05) is 11.4 Å². The van der Waals surface area contributed by atoms with E-state index < -0.39 is 0 Å². The van der Waals surface area contributed by atoms with Crippen LogP contribution in [-0.2, 0) is 20.9 Å². The molecule has 2 aromatic carbocycles. The van der Waals surface area contributed by atoms with Gasteiger partial charge in [0.25, 0.3) is 0 Å². The Kier molecular flexibility index (Phi) is 6.78. The zero-order chi connectivity index (χ0) is 25.5. The van der Waals surface area contributed by atoms with Crippen molar-refractivity contribution in [2.24, 2.45) is 5.92 Å². The number of halogens is 2. The Hall–Kier alpha value is -2.74. The molecule has 37 heavy (non-hydrogen) atoms. The van der Waals surface area contributed by atoms with Gasteiger partial charge < -0.3 is 14.2 Å². The summed E-state index contributed by atoms with van der Waals surface area (Å²) in [5, 5.41) is 6.69. The molecule has 1 saturated heterocycles. The molecular weight excluding hydrogens is 533 g/mol. The van der Waals surface area contributed by atoms with Crippen molar-refractivity contribution in [2.45, 2.75) is 50.4 Å². The molecule has 2 aromatic heterocycles. The van der Waals surface area contributed by atoms with E-state index in [-0.39, 0.29) is 12.3 Å². The molecule has 190 valence electrons. The predicted molar refractivity (Wildman–Crippen MR) is 141 cm³/mol. The number of ether oxygens (including phenoxy) is 1. The minimum Gasteiger partial charge on any atom is -0.373 e. The largest absolute Gasteiger partial charge is 0.373 e. The number of thiazole rings is 1. The first-order valence-electron chi connectivity index (χ1n) is 12.2. The smallest absolute Gasteiger partial charge is 0.373 e. The number of benzene rings is 2. The van der Waals surface area contributed by atoms with Gasteiger partial charge in [0.15, 0.2) is 5.13 Å². The van der Waals surface area contributed by atoms with Gasteiger partial charge in [-0.3, -0.25) is 0 Å². The molecule has 1 aliphatic heterocycles. The minimum absolute atomic E-state index is 0.229. The molecule has 2 bridgehead atoms. The number of hydrogen-bond donors (Lipinski definition) is 0. The monoisotopic (exact) mass is 555 g/mol. The third kappa shape index (κ3) is 4.69. The van der Waals surface area contributed by atoms with Gasteiger partial charge in [0.1, 0.15) is 11.5 Å². The average Bonchev–Trinajstić information content (AvgIpc) is 3.23. The van der Waals surface area contributed by atoms with Gasteiger partial charge in [-0.2, -0.15) is 9.59 Å². The summed E-state index contributed by atoms with van der Waals surface area (Å²) in [6.45, 7) is 1.47. The van der Waals surface area contributed by atoms with Crippen LogP contribution in [0.5, 0.6) is 0 Å². The molecule has 0 radical (unpaired) electrons. The van der Waals surface area contributed by atoms with Crippen molar-refractivity contribution in [3.63, 3.8) is 0 Å². The third-order valence-corrected chi connectivity index (χ3v) is 9.12. The molecule has 0 amide bonds. The van der Waals surface area contributed by atoms with Gasteiger partial charge in [0, 0.05) is 35.5 Å². The van der Waals surface area contributed by atoms with Gasteiger partial charge in [-0.05, 0) is 49.9 Å². The summed E-state index contributed by atoms with van der Waals surface area (Å²) in [7, 11) is 0. The second-order valence-corrected chi connectivity index (χ2v) is 11.5. The van der Waals surface area contributed by atoms with Crippen LogP contribution < -0.4 is 4.90 Å². The fourth-order valence-corrected chi connectivity index (χ4v) is 7.19. The zero-order valence-electron chi connectivity index (χ0n) is 19.7. The SMILES string of the molecule is Clc1cccc(Cl)c1-c1noc(C2CC2)c1COC1CC2CC1CN2c1nc2ccccc2s1.O=C=O. The lowest BCUT2D eigenvalue weighted by molar-refractivity contribution is -0.191. The number of piperidine rings is 1. The van der Waals surface area contributed by atoms with Gasteiger partial charge in [-0.1, -0.05) is 57.9 Å². The first-order chi connectivity index (χ1) is 18.1. The van der Waals surface area contributed by atoms with Crippen molar-refractivity contribution in [3.8, 4) is 11.3 Å². The highest BCUT2D eigenvalue weighted by Gasteiger charge is 2.46. The average molecular weight is 556 g/mol. The second kappa shape index (κ2) is 10.2. The molecule has 4 aromatic rings. The normalized spacial score (nSPS) is 22.2. The lowest BCUT2D eigenvalue weighted by Crippen LogP contribution is -2.38. The van der Waals surface area contributed by atoms with Crippen LogP contribution in [0.4, 0.5) is 5.13 Å². The molecular formula is C27H23Cl2N3O4S. The quantitative estimate of drug-likeness (QED) is 0.260. The fourth-order valence-electron chi connectivity index (χ4n) is 5.57. The maximum Gasteiger partial charge on any atom is 0.373 e. The van der Waals surface area contributed by atoms with E-state index in [4.69, 9.17) is 47.0 Å². The van der Waals surface area contributed by atoms with E-state index in [1.165, 1.54) is 4.70 Å². The molecule has 0 spiro atoms. The summed E-state index contributed by atoms with van der Waals surface area (Å²) in [5.74, 6) is 1.87. The first kappa shape index (κ1) is 24.6. The summed E-state index contributed by atoms with van der Waals surface area (Å²) in [4.78, 5) is 23.6. The number of hydrogen-bond acceptors (Lipinski definition) is 8. The highest BCUT2D eigenvalue weighted by atomic mass is 35.5. The molecule has 3 fully saturated rings. The van der Waals surface area contributed by atoms with E-state index in [0.717, 1.165) is 65.5 Å². The molecule has 3 aliphatic rings. The number of para-hydroxylation sites is 1. The van der Waals surface area contributed by atoms with Crippen LogP contribution in [-0.4, -0.2) is 35.0 Å². The Labute approximate surface area is 227 Å². The van der Waals surface area contributed by atoms with Crippen LogP contribution in [0.1, 0.15) is 42.9 Å². The van der Waals surface area contributed by atoms with E-state index in [1.54, 1.807) is 11.3 Å². The van der Waals surface area contributed by atoms with Crippen LogP contribution in [0.3, 0.4) is 0 Å². The molecule has 0 N–H and O–H groups in total. The van der Waals surface area contributed by atoms with Gasteiger partial charge >= 0.3 is 6.15 Å². The van der Waals surface area contributed by atoms with Crippen molar-refractivity contribution in [3.05, 3.63) is 63.8 Å². The molecule has 3 heterocycles. The molecule has 10 heteroatoms. The summed E-state index contributed by atoms with van der Waals surface area (Å²) < 4.78 is 13.6. The van der Waals surface area contributed by atoms with E-state index >= 15 is 0 Å². The standard InChI is InChI=1S/C26H23Cl2N3O2S.CO2/c27-18-4-3-5-19(28)23(18)24-17(25(33-30-24)14-8-9-14)13-32-21-11-16-10-15(21)12-31(16)26-29-20-6-1-2-7-22(20)34-26;2-1-3/h1-7,14-16,21H,8-13H2;. The molecule has 2 saturated carbocycles. The van der Waals surface area contributed by atoms with E-state index in [2.05, 4.69) is 34.3 Å². The summed E-state index contributed by atoms with van der Waals surface area (Å²) in [5.41, 5.74) is 3.54. The van der Waals surface area contributed by atoms with Gasteiger partial charge in [-0.25, -0.2) is 4.98 Å². The topological polar surface area (TPSA) is 85.5 Å². The Morgan fingerprint density at radius 1 is 1.08 bits per heavy atom. The first-order valence-corrected chi connectivity index (χ1v) is 13.8. The van der Waals surface area contributed by atoms with E-state index in [1.807, 2.05) is 18.2 Å². The van der Waals surface area contributed by atoms with Crippen LogP contribution in [0, 0.1) is 5.92 Å². The van der Waals surface area contributed by atoms with Crippen molar-refractivity contribution >= 4 is 56.0 Å². The van der Waals surface area contributed by atoms with Crippen LogP contribution in [0.25, 0.3) is 21.5 Å². The second-order valence-electron chi connectivity index (χ2n) is 9.68. The number of fused-ring (bicyclic) bond motifs is 3. The summed E-state index contributed by atoms with van der Waals surface area (Å²) >= 11 is 14.8. The third-order valence-electron chi connectivity index (χ3n) is 7.41. The highest BCUT2D eigenvalue weighted by molar-refractivity contribution is 7.22. The van der Waals surface area contributed by atoms with Crippen molar-refractivity contribution in [1.82, 2.24) is 10.1 Å². The highest BCUT2D eigenvalue weighted by Crippen LogP contribution is 2.48. The lowest BCUT2D eigenvalue weighted by atomic mass is 10.0. The van der Waals surface area contributed by atoms with E-state index in [0.29, 0.717) is 34.5 Å².